The fourth-order valence-electron chi connectivity index (χ4n) is 4.78. The highest BCUT2D eigenvalue weighted by Gasteiger charge is 2.30. The maximum absolute atomic E-state index is 14.0. The van der Waals surface area contributed by atoms with Gasteiger partial charge in [-0.3, -0.25) is 9.10 Å². The highest BCUT2D eigenvalue weighted by atomic mass is 35.5. The monoisotopic (exact) mass is 617 g/mol. The van der Waals surface area contributed by atoms with Gasteiger partial charge in [-0.05, 0) is 57.9 Å². The van der Waals surface area contributed by atoms with Gasteiger partial charge in [0.2, 0.25) is 0 Å². The molecule has 220 valence electrons. The molecule has 9 nitrogen and oxygen atoms in total. The molecule has 1 N–H and O–H groups in total. The van der Waals surface area contributed by atoms with Gasteiger partial charge in [0.1, 0.15) is 12.3 Å². The third-order valence-corrected chi connectivity index (χ3v) is 8.83. The number of sulfonamides is 1. The van der Waals surface area contributed by atoms with Gasteiger partial charge in [-0.1, -0.05) is 60.1 Å². The van der Waals surface area contributed by atoms with Crippen LogP contribution in [0.2, 0.25) is 5.02 Å². The quantitative estimate of drug-likeness (QED) is 0.117. The Balaban J connectivity index is 1.50. The van der Waals surface area contributed by atoms with Crippen LogP contribution in [0.15, 0.2) is 101 Å². The number of hydrogen-bond acceptors (Lipinski definition) is 7. The van der Waals surface area contributed by atoms with E-state index in [9.17, 15) is 13.2 Å². The molecule has 5 aromatic carbocycles. The number of amides is 1. The van der Waals surface area contributed by atoms with Gasteiger partial charge in [0.25, 0.3) is 15.9 Å². The molecule has 0 spiro atoms. The van der Waals surface area contributed by atoms with E-state index in [4.69, 9.17) is 25.8 Å². The first-order valence-electron chi connectivity index (χ1n) is 13.1. The summed E-state index contributed by atoms with van der Waals surface area (Å²) in [5, 5.41) is 8.43. The van der Waals surface area contributed by atoms with Crippen LogP contribution in [0.25, 0.3) is 21.5 Å². The Hall–Kier alpha value is -4.80. The molecule has 0 atom stereocenters. The zero-order chi connectivity index (χ0) is 30.6. The number of benzene rings is 5. The summed E-state index contributed by atoms with van der Waals surface area (Å²) in [6, 6.07) is 26.5. The minimum atomic E-state index is -4.34. The molecule has 0 aliphatic heterocycles. The molecule has 0 heterocycles. The number of carbonyl (C=O) groups excluding carboxylic acids is 1. The largest absolute Gasteiger partial charge is 0.495 e. The number of hydrazone groups is 1. The first kappa shape index (κ1) is 29.7. The number of hydrogen-bond donors (Lipinski definition) is 1. The van der Waals surface area contributed by atoms with Crippen molar-refractivity contribution in [3.05, 3.63) is 102 Å². The van der Waals surface area contributed by atoms with Crippen LogP contribution >= 0.6 is 11.6 Å². The molecule has 0 aliphatic carbocycles. The third kappa shape index (κ3) is 6.06. The summed E-state index contributed by atoms with van der Waals surface area (Å²) in [4.78, 5) is 13.1. The lowest BCUT2D eigenvalue weighted by Gasteiger charge is -2.25. The molecular weight excluding hydrogens is 590 g/mol. The van der Waals surface area contributed by atoms with E-state index in [1.54, 1.807) is 12.3 Å². The number of halogens is 1. The second-order valence-corrected chi connectivity index (χ2v) is 11.7. The Morgan fingerprint density at radius 2 is 1.42 bits per heavy atom. The van der Waals surface area contributed by atoms with E-state index in [1.807, 2.05) is 48.5 Å². The lowest BCUT2D eigenvalue weighted by Crippen LogP contribution is -2.39. The van der Waals surface area contributed by atoms with Crippen molar-refractivity contribution < 1.29 is 27.4 Å². The van der Waals surface area contributed by atoms with Crippen molar-refractivity contribution >= 4 is 61.0 Å². The maximum Gasteiger partial charge on any atom is 0.265 e. The Morgan fingerprint density at radius 1 is 0.814 bits per heavy atom. The SMILES string of the molecule is COc1ccc(S(=O)(=O)N(CC(=O)N/N=C\c2c3ccccc3cc3ccccc23)c2cc(Cl)ccc2OC)cc1OC. The second-order valence-electron chi connectivity index (χ2n) is 9.37. The molecule has 0 fully saturated rings. The first-order valence-corrected chi connectivity index (χ1v) is 14.9. The average Bonchev–Trinajstić information content (AvgIpc) is 3.02. The summed E-state index contributed by atoms with van der Waals surface area (Å²) >= 11 is 6.25. The van der Waals surface area contributed by atoms with Crippen molar-refractivity contribution in [1.82, 2.24) is 5.43 Å². The van der Waals surface area contributed by atoms with Gasteiger partial charge in [-0.2, -0.15) is 5.10 Å². The molecule has 0 saturated carbocycles. The molecular formula is C32H28ClN3O6S. The Kier molecular flexibility index (Phi) is 8.70. The topological polar surface area (TPSA) is 107 Å². The number of nitrogens with zero attached hydrogens (tertiary/aromatic N) is 2. The lowest BCUT2D eigenvalue weighted by atomic mass is 9.97. The minimum Gasteiger partial charge on any atom is -0.495 e. The highest BCUT2D eigenvalue weighted by molar-refractivity contribution is 7.92. The van der Waals surface area contributed by atoms with Crippen molar-refractivity contribution in [2.45, 2.75) is 4.90 Å². The molecule has 5 rings (SSSR count). The van der Waals surface area contributed by atoms with Gasteiger partial charge in [0.15, 0.2) is 11.5 Å². The van der Waals surface area contributed by atoms with Crippen molar-refractivity contribution in [2.75, 3.05) is 32.2 Å². The van der Waals surface area contributed by atoms with Crippen LogP contribution < -0.4 is 23.9 Å². The van der Waals surface area contributed by atoms with Crippen LogP contribution in [0, 0.1) is 0 Å². The minimum absolute atomic E-state index is 0.0731. The third-order valence-electron chi connectivity index (χ3n) is 6.84. The molecule has 0 saturated heterocycles. The molecule has 0 unspecified atom stereocenters. The summed E-state index contributed by atoms with van der Waals surface area (Å²) in [5.74, 6) is 0.0678. The normalized spacial score (nSPS) is 11.5. The van der Waals surface area contributed by atoms with Crippen molar-refractivity contribution in [3.63, 3.8) is 0 Å². The fraction of sp³-hybridized carbons (Fsp3) is 0.125. The standard InChI is InChI=1S/C32H28ClN3O6S/c1-40-29-14-12-23(33)17-28(29)36(43(38,39)24-13-15-30(41-2)31(18-24)42-3)20-32(37)35-34-19-27-25-10-6-4-8-21(25)16-22-9-5-7-11-26(22)27/h4-19H,20H2,1-3H3,(H,35,37)/b34-19-. The van der Waals surface area contributed by atoms with Gasteiger partial charge in [-0.15, -0.1) is 0 Å². The summed E-state index contributed by atoms with van der Waals surface area (Å²) in [5.41, 5.74) is 3.38. The summed E-state index contributed by atoms with van der Waals surface area (Å²) in [7, 11) is -0.104. The van der Waals surface area contributed by atoms with Crippen LogP contribution in [-0.4, -0.2) is 48.4 Å². The van der Waals surface area contributed by atoms with Crippen LogP contribution in [0.1, 0.15) is 5.56 Å². The van der Waals surface area contributed by atoms with Crippen LogP contribution in [0.4, 0.5) is 5.69 Å². The number of carbonyl (C=O) groups is 1. The van der Waals surface area contributed by atoms with E-state index in [-0.39, 0.29) is 27.1 Å². The van der Waals surface area contributed by atoms with Gasteiger partial charge < -0.3 is 14.2 Å². The fourth-order valence-corrected chi connectivity index (χ4v) is 6.39. The first-order chi connectivity index (χ1) is 20.8. The Labute approximate surface area is 254 Å². The average molecular weight is 618 g/mol. The van der Waals surface area contributed by atoms with E-state index in [0.717, 1.165) is 31.4 Å². The lowest BCUT2D eigenvalue weighted by molar-refractivity contribution is -0.119. The number of anilines is 1. The van der Waals surface area contributed by atoms with Gasteiger partial charge in [-0.25, -0.2) is 13.8 Å². The van der Waals surface area contributed by atoms with Gasteiger partial charge >= 0.3 is 0 Å². The Morgan fingerprint density at radius 3 is 2.05 bits per heavy atom. The molecule has 0 aliphatic rings. The summed E-state index contributed by atoms with van der Waals surface area (Å²) in [6.45, 7) is -0.624. The van der Waals surface area contributed by atoms with Crippen LogP contribution in [0.3, 0.4) is 0 Å². The highest BCUT2D eigenvalue weighted by Crippen LogP contribution is 2.37. The molecule has 0 bridgehead atoms. The van der Waals surface area contributed by atoms with E-state index in [0.29, 0.717) is 5.75 Å². The molecule has 0 radical (unpaired) electrons. The zero-order valence-electron chi connectivity index (χ0n) is 23.6. The second kappa shape index (κ2) is 12.6. The van der Waals surface area contributed by atoms with E-state index >= 15 is 0 Å². The number of ether oxygens (including phenoxy) is 3. The summed E-state index contributed by atoms with van der Waals surface area (Å²) in [6.07, 6.45) is 1.57. The molecule has 0 aromatic heterocycles. The predicted molar refractivity (Wildman–Crippen MR) is 169 cm³/mol. The predicted octanol–water partition coefficient (Wildman–Crippen LogP) is 6.02. The van der Waals surface area contributed by atoms with E-state index in [1.165, 1.54) is 51.7 Å². The molecule has 43 heavy (non-hydrogen) atoms. The number of methoxy groups -OCH3 is 3. The Bertz CT molecular complexity index is 1910. The van der Waals surface area contributed by atoms with Gasteiger partial charge in [0, 0.05) is 16.7 Å². The molecule has 11 heteroatoms. The molecule has 5 aromatic rings. The number of fused-ring (bicyclic) bond motifs is 2. The smallest absolute Gasteiger partial charge is 0.265 e. The summed E-state index contributed by atoms with van der Waals surface area (Å²) < 4.78 is 44.9. The van der Waals surface area contributed by atoms with Gasteiger partial charge in [0.05, 0.1) is 38.1 Å². The molecule has 1 amide bonds. The van der Waals surface area contributed by atoms with Crippen LogP contribution in [-0.2, 0) is 14.8 Å². The van der Waals surface area contributed by atoms with Crippen molar-refractivity contribution in [1.29, 1.82) is 0 Å². The maximum atomic E-state index is 14.0. The number of rotatable bonds is 10. The van der Waals surface area contributed by atoms with E-state index in [2.05, 4.69) is 16.6 Å². The van der Waals surface area contributed by atoms with Crippen molar-refractivity contribution in [3.8, 4) is 17.2 Å². The van der Waals surface area contributed by atoms with Crippen LogP contribution in [0.5, 0.6) is 17.2 Å². The number of nitrogens with one attached hydrogen (secondary N) is 1. The zero-order valence-corrected chi connectivity index (χ0v) is 25.1. The van der Waals surface area contributed by atoms with E-state index < -0.39 is 22.5 Å². The van der Waals surface area contributed by atoms with Crippen molar-refractivity contribution in [2.24, 2.45) is 5.10 Å².